The van der Waals surface area contributed by atoms with Gasteiger partial charge in [0.2, 0.25) is 0 Å². The van der Waals surface area contributed by atoms with Gasteiger partial charge in [0.15, 0.2) is 0 Å². The van der Waals surface area contributed by atoms with Crippen molar-refractivity contribution in [3.63, 3.8) is 0 Å². The van der Waals surface area contributed by atoms with Gasteiger partial charge < -0.3 is 10.5 Å². The van der Waals surface area contributed by atoms with Crippen LogP contribution in [0.3, 0.4) is 0 Å². The molecule has 0 heterocycles. The molecule has 0 saturated heterocycles. The fourth-order valence-electron chi connectivity index (χ4n) is 2.59. The third-order valence-corrected chi connectivity index (χ3v) is 3.79. The van der Waals surface area contributed by atoms with E-state index in [0.29, 0.717) is 12.5 Å². The minimum absolute atomic E-state index is 0.204. The second-order valence-corrected chi connectivity index (χ2v) is 5.06. The third-order valence-electron chi connectivity index (χ3n) is 3.79. The van der Waals surface area contributed by atoms with Crippen LogP contribution >= 0.6 is 0 Å². The zero-order chi connectivity index (χ0) is 12.5. The molecule has 1 aliphatic carbocycles. The number of carbonyl (C=O) groups excluding carboxylic acids is 1. The summed E-state index contributed by atoms with van der Waals surface area (Å²) in [6.45, 7) is 2.22. The fraction of sp³-hybridized carbons (Fsp3) is 0.500. The fourth-order valence-corrected chi connectivity index (χ4v) is 2.59. The van der Waals surface area contributed by atoms with E-state index in [4.69, 9.17) is 10.5 Å². The highest BCUT2D eigenvalue weighted by Crippen LogP contribution is 2.42. The Hall–Kier alpha value is -1.35. The normalized spacial score (nSPS) is 21.0. The summed E-state index contributed by atoms with van der Waals surface area (Å²) in [4.78, 5) is 11.8. The lowest BCUT2D eigenvalue weighted by molar-refractivity contribution is -0.151. The summed E-state index contributed by atoms with van der Waals surface area (Å²) in [6, 6.07) is 8.38. The number of fused-ring (bicyclic) bond motifs is 1. The molecule has 0 saturated carbocycles. The first kappa shape index (κ1) is 12.1. The molecule has 2 rings (SSSR count). The molecule has 0 fully saturated rings. The van der Waals surface area contributed by atoms with Gasteiger partial charge in [0, 0.05) is 6.54 Å². The molecule has 1 aromatic carbocycles. The minimum atomic E-state index is -0.563. The lowest BCUT2D eigenvalue weighted by Gasteiger charge is -2.36. The summed E-state index contributed by atoms with van der Waals surface area (Å²) in [6.07, 6.45) is 1.82. The van der Waals surface area contributed by atoms with Crippen LogP contribution in [0.15, 0.2) is 24.3 Å². The number of ether oxygens (including phenoxy) is 1. The van der Waals surface area contributed by atoms with Gasteiger partial charge in [-0.1, -0.05) is 24.3 Å². The van der Waals surface area contributed by atoms with E-state index in [1.165, 1.54) is 18.2 Å². The Bertz CT molecular complexity index is 430. The number of carbonyl (C=O) groups is 1. The maximum absolute atomic E-state index is 11.8. The quantitative estimate of drug-likeness (QED) is 0.807. The van der Waals surface area contributed by atoms with E-state index in [1.807, 2.05) is 13.0 Å². The van der Waals surface area contributed by atoms with Crippen molar-refractivity contribution in [3.05, 3.63) is 35.4 Å². The van der Waals surface area contributed by atoms with Crippen LogP contribution in [0.1, 0.15) is 30.4 Å². The predicted octanol–water partition coefficient (Wildman–Crippen LogP) is 1.85. The van der Waals surface area contributed by atoms with E-state index in [2.05, 4.69) is 18.2 Å². The van der Waals surface area contributed by atoms with Crippen molar-refractivity contribution in [2.24, 2.45) is 11.1 Å². The minimum Gasteiger partial charge on any atom is -0.469 e. The number of rotatable bonds is 4. The Balaban J connectivity index is 2.10. The van der Waals surface area contributed by atoms with Gasteiger partial charge in [-0.25, -0.2) is 0 Å². The first-order chi connectivity index (χ1) is 8.10. The average molecular weight is 233 g/mol. The third kappa shape index (κ3) is 2.07. The Morgan fingerprint density at radius 3 is 2.82 bits per heavy atom. The highest BCUT2D eigenvalue weighted by Gasteiger charge is 2.39. The molecule has 92 valence electrons. The Morgan fingerprint density at radius 2 is 2.24 bits per heavy atom. The molecule has 0 aromatic heterocycles. The molecule has 1 aromatic rings. The molecular weight excluding hydrogens is 214 g/mol. The monoisotopic (exact) mass is 233 g/mol. The van der Waals surface area contributed by atoms with E-state index in [0.717, 1.165) is 12.8 Å². The van der Waals surface area contributed by atoms with Crippen molar-refractivity contribution < 1.29 is 9.53 Å². The SMILES string of the molecule is COC(=O)C(C)(CN)CC1Cc2ccccc21. The van der Waals surface area contributed by atoms with E-state index < -0.39 is 5.41 Å². The second-order valence-electron chi connectivity index (χ2n) is 5.06. The summed E-state index contributed by atoms with van der Waals surface area (Å²) in [7, 11) is 1.42. The largest absolute Gasteiger partial charge is 0.469 e. The van der Waals surface area contributed by atoms with Crippen LogP contribution in [0, 0.1) is 5.41 Å². The molecule has 0 bridgehead atoms. The van der Waals surface area contributed by atoms with Gasteiger partial charge in [0.05, 0.1) is 12.5 Å². The van der Waals surface area contributed by atoms with Crippen molar-refractivity contribution in [2.45, 2.75) is 25.7 Å². The van der Waals surface area contributed by atoms with Gasteiger partial charge in [-0.05, 0) is 36.8 Å². The molecule has 3 heteroatoms. The molecule has 0 spiro atoms. The van der Waals surface area contributed by atoms with Crippen molar-refractivity contribution in [1.29, 1.82) is 0 Å². The highest BCUT2D eigenvalue weighted by molar-refractivity contribution is 5.76. The molecule has 2 atom stereocenters. The van der Waals surface area contributed by atoms with Crippen LogP contribution in [0.5, 0.6) is 0 Å². The zero-order valence-corrected chi connectivity index (χ0v) is 10.4. The molecule has 3 nitrogen and oxygen atoms in total. The van der Waals surface area contributed by atoms with Crippen LogP contribution < -0.4 is 5.73 Å². The Morgan fingerprint density at radius 1 is 1.53 bits per heavy atom. The van der Waals surface area contributed by atoms with Crippen LogP contribution in [0.2, 0.25) is 0 Å². The molecule has 0 amide bonds. The van der Waals surface area contributed by atoms with Crippen molar-refractivity contribution >= 4 is 5.97 Å². The molecule has 0 radical (unpaired) electrons. The molecular formula is C14H19NO2. The number of hydrogen-bond donors (Lipinski definition) is 1. The first-order valence-electron chi connectivity index (χ1n) is 5.97. The average Bonchev–Trinajstić information content (AvgIpc) is 2.34. The van der Waals surface area contributed by atoms with Gasteiger partial charge in [-0.15, -0.1) is 0 Å². The van der Waals surface area contributed by atoms with Crippen molar-refractivity contribution in [1.82, 2.24) is 0 Å². The lowest BCUT2D eigenvalue weighted by atomic mass is 9.69. The Kier molecular flexibility index (Phi) is 3.20. The second kappa shape index (κ2) is 4.49. The van der Waals surface area contributed by atoms with Crippen LogP contribution in [-0.4, -0.2) is 19.6 Å². The summed E-state index contributed by atoms with van der Waals surface area (Å²) in [5, 5.41) is 0. The van der Waals surface area contributed by atoms with Gasteiger partial charge in [0.25, 0.3) is 0 Å². The standard InChI is InChI=1S/C14H19NO2/c1-14(9-15,13(16)17-2)8-11-7-10-5-3-4-6-12(10)11/h3-6,11H,7-9,15H2,1-2H3. The smallest absolute Gasteiger partial charge is 0.312 e. The van der Waals surface area contributed by atoms with E-state index in [1.54, 1.807) is 0 Å². The number of nitrogens with two attached hydrogens (primary N) is 1. The maximum Gasteiger partial charge on any atom is 0.312 e. The molecule has 2 N–H and O–H groups in total. The van der Waals surface area contributed by atoms with Crippen molar-refractivity contribution in [2.75, 3.05) is 13.7 Å². The summed E-state index contributed by atoms with van der Waals surface area (Å²) in [5.41, 5.74) is 7.92. The maximum atomic E-state index is 11.8. The van der Waals surface area contributed by atoms with Gasteiger partial charge in [-0.3, -0.25) is 4.79 Å². The van der Waals surface area contributed by atoms with Gasteiger partial charge in [0.1, 0.15) is 0 Å². The van der Waals surface area contributed by atoms with E-state index in [-0.39, 0.29) is 5.97 Å². The summed E-state index contributed by atoms with van der Waals surface area (Å²) >= 11 is 0. The highest BCUT2D eigenvalue weighted by atomic mass is 16.5. The van der Waals surface area contributed by atoms with Gasteiger partial charge >= 0.3 is 5.97 Å². The lowest BCUT2D eigenvalue weighted by Crippen LogP contribution is -2.39. The number of benzene rings is 1. The van der Waals surface area contributed by atoms with E-state index in [9.17, 15) is 4.79 Å². The van der Waals surface area contributed by atoms with Crippen LogP contribution in [0.25, 0.3) is 0 Å². The zero-order valence-electron chi connectivity index (χ0n) is 10.4. The first-order valence-corrected chi connectivity index (χ1v) is 5.97. The van der Waals surface area contributed by atoms with Crippen LogP contribution in [0.4, 0.5) is 0 Å². The summed E-state index contributed by atoms with van der Waals surface area (Å²) in [5.74, 6) is 0.239. The molecule has 1 aliphatic rings. The topological polar surface area (TPSA) is 52.3 Å². The number of methoxy groups -OCH3 is 1. The number of hydrogen-bond acceptors (Lipinski definition) is 3. The molecule has 0 aliphatic heterocycles. The predicted molar refractivity (Wildman–Crippen MR) is 66.7 cm³/mol. The van der Waals surface area contributed by atoms with Gasteiger partial charge in [-0.2, -0.15) is 0 Å². The molecule has 2 unspecified atom stereocenters. The molecule has 17 heavy (non-hydrogen) atoms. The number of esters is 1. The van der Waals surface area contributed by atoms with Crippen LogP contribution in [-0.2, 0) is 16.0 Å². The van der Waals surface area contributed by atoms with Crippen molar-refractivity contribution in [3.8, 4) is 0 Å². The summed E-state index contributed by atoms with van der Waals surface area (Å²) < 4.78 is 4.84. The van der Waals surface area contributed by atoms with E-state index >= 15 is 0 Å². The Labute approximate surface area is 102 Å².